The molecule has 0 spiro atoms. The summed E-state index contributed by atoms with van der Waals surface area (Å²) < 4.78 is 11.3. The second-order valence-electron chi connectivity index (χ2n) is 6.70. The Morgan fingerprint density at radius 1 is 1.24 bits per heavy atom. The third-order valence-electron chi connectivity index (χ3n) is 4.23. The Kier molecular flexibility index (Phi) is 5.48. The molecule has 6 heteroatoms. The zero-order valence-corrected chi connectivity index (χ0v) is 15.6. The third-order valence-corrected chi connectivity index (χ3v) is 5.16. The number of nitrogens with zero attached hydrogens (tertiary/aromatic N) is 1. The molecule has 3 N–H and O–H groups in total. The molecule has 0 aliphatic carbocycles. The number of aliphatic imine (C=N–C) groups is 1. The van der Waals surface area contributed by atoms with Crippen molar-refractivity contribution in [3.8, 4) is 11.5 Å². The first-order chi connectivity index (χ1) is 12.0. The summed E-state index contributed by atoms with van der Waals surface area (Å²) in [6.45, 7) is 6.90. The van der Waals surface area contributed by atoms with Crippen molar-refractivity contribution in [2.24, 2.45) is 10.7 Å². The molecule has 3 rings (SSSR count). The van der Waals surface area contributed by atoms with E-state index in [1.165, 1.54) is 4.88 Å². The first-order valence-corrected chi connectivity index (χ1v) is 9.39. The Morgan fingerprint density at radius 2 is 2.04 bits per heavy atom. The number of thiophene rings is 1. The van der Waals surface area contributed by atoms with Crippen LogP contribution >= 0.6 is 11.3 Å². The average molecular weight is 359 g/mol. The van der Waals surface area contributed by atoms with Crippen molar-refractivity contribution >= 4 is 17.3 Å². The van der Waals surface area contributed by atoms with Crippen molar-refractivity contribution < 1.29 is 9.47 Å². The van der Waals surface area contributed by atoms with Crippen LogP contribution in [0.5, 0.6) is 11.5 Å². The molecule has 0 fully saturated rings. The lowest BCUT2D eigenvalue weighted by Gasteiger charge is -2.26. The molecule has 25 heavy (non-hydrogen) atoms. The van der Waals surface area contributed by atoms with E-state index in [0.717, 1.165) is 30.0 Å². The van der Waals surface area contributed by atoms with E-state index >= 15 is 0 Å². The molecule has 2 heterocycles. The molecule has 0 saturated carbocycles. The number of benzene rings is 1. The predicted molar refractivity (Wildman–Crippen MR) is 103 cm³/mol. The highest BCUT2D eigenvalue weighted by Gasteiger charge is 2.23. The standard InChI is InChI=1S/C19H25N3O2S/c1-19(2,14-5-6-16-17(12-14)24-10-9-23-16)13-22-18(20)21-8-7-15-4-3-11-25-15/h3-6,11-12H,7-10,13H2,1-2H3,(H3,20,21,22). The average Bonchev–Trinajstić information content (AvgIpc) is 3.13. The zero-order chi connectivity index (χ0) is 17.7. The minimum atomic E-state index is -0.143. The maximum atomic E-state index is 6.01. The van der Waals surface area contributed by atoms with Gasteiger partial charge in [0.2, 0.25) is 0 Å². The van der Waals surface area contributed by atoms with Crippen LogP contribution in [-0.2, 0) is 11.8 Å². The summed E-state index contributed by atoms with van der Waals surface area (Å²) in [5.41, 5.74) is 7.02. The fraction of sp³-hybridized carbons (Fsp3) is 0.421. The number of ether oxygens (including phenoxy) is 2. The van der Waals surface area contributed by atoms with Gasteiger partial charge in [0.25, 0.3) is 0 Å². The third kappa shape index (κ3) is 4.66. The lowest BCUT2D eigenvalue weighted by Crippen LogP contribution is -2.35. The Hall–Kier alpha value is -2.21. The topological polar surface area (TPSA) is 68.9 Å². The number of fused-ring (bicyclic) bond motifs is 1. The van der Waals surface area contributed by atoms with Crippen LogP contribution in [-0.4, -0.2) is 32.3 Å². The van der Waals surface area contributed by atoms with E-state index in [4.69, 9.17) is 15.2 Å². The SMILES string of the molecule is CC(C)(CN=C(N)NCCc1cccs1)c1ccc2c(c1)OCCO2. The van der Waals surface area contributed by atoms with Crippen LogP contribution in [0.2, 0.25) is 0 Å². The fourth-order valence-corrected chi connectivity index (χ4v) is 3.37. The summed E-state index contributed by atoms with van der Waals surface area (Å²) in [4.78, 5) is 5.86. The molecule has 2 aromatic rings. The summed E-state index contributed by atoms with van der Waals surface area (Å²) >= 11 is 1.76. The van der Waals surface area contributed by atoms with Crippen molar-refractivity contribution in [2.45, 2.75) is 25.7 Å². The largest absolute Gasteiger partial charge is 0.486 e. The van der Waals surface area contributed by atoms with Crippen LogP contribution in [0, 0.1) is 0 Å². The lowest BCUT2D eigenvalue weighted by atomic mass is 9.84. The Morgan fingerprint density at radius 3 is 2.80 bits per heavy atom. The number of nitrogens with one attached hydrogen (secondary N) is 1. The number of hydrogen-bond donors (Lipinski definition) is 2. The Balaban J connectivity index is 1.56. The quantitative estimate of drug-likeness (QED) is 0.615. The van der Waals surface area contributed by atoms with E-state index in [9.17, 15) is 0 Å². The van der Waals surface area contributed by atoms with Crippen LogP contribution in [0.25, 0.3) is 0 Å². The molecule has 134 valence electrons. The van der Waals surface area contributed by atoms with Crippen LogP contribution in [0.4, 0.5) is 0 Å². The van der Waals surface area contributed by atoms with E-state index in [1.807, 2.05) is 12.1 Å². The molecule has 0 amide bonds. The van der Waals surface area contributed by atoms with Gasteiger partial charge >= 0.3 is 0 Å². The molecule has 0 radical (unpaired) electrons. The molecule has 1 aromatic heterocycles. The van der Waals surface area contributed by atoms with Gasteiger partial charge in [0.05, 0.1) is 6.54 Å². The van der Waals surface area contributed by atoms with E-state index in [-0.39, 0.29) is 5.41 Å². The second kappa shape index (κ2) is 7.78. The van der Waals surface area contributed by atoms with Gasteiger partial charge in [0.1, 0.15) is 13.2 Å². The van der Waals surface area contributed by atoms with Gasteiger partial charge in [0.15, 0.2) is 17.5 Å². The summed E-state index contributed by atoms with van der Waals surface area (Å²) in [7, 11) is 0. The highest BCUT2D eigenvalue weighted by atomic mass is 32.1. The van der Waals surface area contributed by atoms with Crippen LogP contribution in [0.1, 0.15) is 24.3 Å². The smallest absolute Gasteiger partial charge is 0.188 e. The van der Waals surface area contributed by atoms with Crippen molar-refractivity contribution in [1.29, 1.82) is 0 Å². The molecule has 5 nitrogen and oxygen atoms in total. The number of guanidine groups is 1. The number of rotatable bonds is 6. The van der Waals surface area contributed by atoms with Gasteiger partial charge in [-0.2, -0.15) is 0 Å². The van der Waals surface area contributed by atoms with Crippen molar-refractivity contribution in [3.05, 3.63) is 46.2 Å². The molecule has 1 aromatic carbocycles. The summed E-state index contributed by atoms with van der Waals surface area (Å²) in [6.07, 6.45) is 0.958. The molecule has 0 atom stereocenters. The van der Waals surface area contributed by atoms with Gasteiger partial charge in [-0.05, 0) is 35.6 Å². The number of nitrogens with two attached hydrogens (primary N) is 1. The predicted octanol–water partition coefficient (Wildman–Crippen LogP) is 2.94. The van der Waals surface area contributed by atoms with Crippen LogP contribution in [0.15, 0.2) is 40.7 Å². The lowest BCUT2D eigenvalue weighted by molar-refractivity contribution is 0.171. The van der Waals surface area contributed by atoms with Gasteiger partial charge in [-0.3, -0.25) is 4.99 Å². The second-order valence-corrected chi connectivity index (χ2v) is 7.73. The molecule has 1 aliphatic rings. The van der Waals surface area contributed by atoms with E-state index in [2.05, 4.69) is 47.7 Å². The Bertz CT molecular complexity index is 726. The van der Waals surface area contributed by atoms with Crippen molar-refractivity contribution in [1.82, 2.24) is 5.32 Å². The number of hydrogen-bond acceptors (Lipinski definition) is 4. The maximum absolute atomic E-state index is 6.01. The minimum Gasteiger partial charge on any atom is -0.486 e. The monoisotopic (exact) mass is 359 g/mol. The van der Waals surface area contributed by atoms with Gasteiger partial charge < -0.3 is 20.5 Å². The highest BCUT2D eigenvalue weighted by molar-refractivity contribution is 7.09. The molecular formula is C19H25N3O2S. The Labute approximate surface area is 152 Å². The van der Waals surface area contributed by atoms with Crippen molar-refractivity contribution in [2.75, 3.05) is 26.3 Å². The van der Waals surface area contributed by atoms with E-state index in [1.54, 1.807) is 11.3 Å². The molecule has 0 saturated heterocycles. The fourth-order valence-electron chi connectivity index (χ4n) is 2.66. The molecular weight excluding hydrogens is 334 g/mol. The summed E-state index contributed by atoms with van der Waals surface area (Å²) in [5.74, 6) is 2.11. The van der Waals surface area contributed by atoms with Crippen LogP contribution < -0.4 is 20.5 Å². The van der Waals surface area contributed by atoms with Crippen LogP contribution in [0.3, 0.4) is 0 Å². The van der Waals surface area contributed by atoms with Gasteiger partial charge in [-0.25, -0.2) is 0 Å². The molecule has 0 unspecified atom stereocenters. The highest BCUT2D eigenvalue weighted by Crippen LogP contribution is 2.35. The van der Waals surface area contributed by atoms with Crippen molar-refractivity contribution in [3.63, 3.8) is 0 Å². The van der Waals surface area contributed by atoms with E-state index in [0.29, 0.717) is 25.7 Å². The summed E-state index contributed by atoms with van der Waals surface area (Å²) in [6, 6.07) is 10.3. The molecule has 0 bridgehead atoms. The minimum absolute atomic E-state index is 0.143. The van der Waals surface area contributed by atoms with Gasteiger partial charge in [-0.1, -0.05) is 26.0 Å². The normalized spacial score (nSPS) is 14.4. The molecule has 1 aliphatic heterocycles. The first kappa shape index (κ1) is 17.6. The zero-order valence-electron chi connectivity index (χ0n) is 14.7. The van der Waals surface area contributed by atoms with Gasteiger partial charge in [0, 0.05) is 16.8 Å². The maximum Gasteiger partial charge on any atom is 0.188 e. The van der Waals surface area contributed by atoms with Gasteiger partial charge in [-0.15, -0.1) is 11.3 Å². The van der Waals surface area contributed by atoms with E-state index < -0.39 is 0 Å². The first-order valence-electron chi connectivity index (χ1n) is 8.51. The summed E-state index contributed by atoms with van der Waals surface area (Å²) in [5, 5.41) is 5.27.